The van der Waals surface area contributed by atoms with Crippen molar-refractivity contribution < 1.29 is 22.7 Å². The number of carboxylic acid groups (broad SMARTS) is 1. The lowest BCUT2D eigenvalue weighted by Gasteiger charge is -2.07. The molecule has 9 heteroatoms. The van der Waals surface area contributed by atoms with E-state index in [-0.39, 0.29) is 27.7 Å². The number of nitrogens with one attached hydrogen (secondary N) is 1. The van der Waals surface area contributed by atoms with Gasteiger partial charge < -0.3 is 9.52 Å². The quantitative estimate of drug-likeness (QED) is 0.882. The summed E-state index contributed by atoms with van der Waals surface area (Å²) in [5.41, 5.74) is 0.407. The van der Waals surface area contributed by atoms with E-state index >= 15 is 0 Å². The Morgan fingerprint density at radius 1 is 1.33 bits per heavy atom. The molecule has 0 aliphatic heterocycles. The number of hydrogen-bond donors (Lipinski definition) is 2. The highest BCUT2D eigenvalue weighted by atomic mass is 32.2. The fourth-order valence-electron chi connectivity index (χ4n) is 2.13. The third-order valence-electron chi connectivity index (χ3n) is 2.95. The van der Waals surface area contributed by atoms with E-state index in [9.17, 15) is 18.3 Å². The molecule has 0 atom stereocenters. The summed E-state index contributed by atoms with van der Waals surface area (Å²) in [6.07, 6.45) is 1.50. The van der Waals surface area contributed by atoms with Crippen molar-refractivity contribution in [2.75, 3.05) is 4.72 Å². The second-order valence-electron chi connectivity index (χ2n) is 4.63. The van der Waals surface area contributed by atoms with Gasteiger partial charge in [0.15, 0.2) is 0 Å². The number of rotatable bonds is 4. The first kappa shape index (κ1) is 15.1. The molecule has 2 aromatic rings. The largest absolute Gasteiger partial charge is 0.478 e. The van der Waals surface area contributed by atoms with Gasteiger partial charge in [-0.05, 0) is 20.8 Å². The average Bonchev–Trinajstić information content (AvgIpc) is 2.78. The van der Waals surface area contributed by atoms with E-state index in [4.69, 9.17) is 4.42 Å². The fourth-order valence-corrected chi connectivity index (χ4v) is 3.64. The molecule has 0 unspecified atom stereocenters. The summed E-state index contributed by atoms with van der Waals surface area (Å²) in [5, 5.41) is 13.2. The number of nitrogens with zero attached hydrogens (tertiary/aromatic N) is 2. The van der Waals surface area contributed by atoms with Crippen LogP contribution in [0.3, 0.4) is 0 Å². The summed E-state index contributed by atoms with van der Waals surface area (Å²) in [6.45, 7) is 4.46. The van der Waals surface area contributed by atoms with E-state index in [1.807, 2.05) is 0 Å². The molecule has 8 nitrogen and oxygen atoms in total. The van der Waals surface area contributed by atoms with Crippen molar-refractivity contribution in [2.45, 2.75) is 25.7 Å². The molecular weight excluding hydrogens is 298 g/mol. The first-order valence-electron chi connectivity index (χ1n) is 6.00. The molecule has 2 aromatic heterocycles. The number of aromatic carboxylic acids is 1. The zero-order valence-electron chi connectivity index (χ0n) is 12.0. The lowest BCUT2D eigenvalue weighted by molar-refractivity contribution is 0.0691. The molecule has 2 heterocycles. The van der Waals surface area contributed by atoms with Crippen molar-refractivity contribution in [1.82, 2.24) is 9.78 Å². The Morgan fingerprint density at radius 3 is 2.43 bits per heavy atom. The molecule has 2 rings (SSSR count). The third-order valence-corrected chi connectivity index (χ3v) is 4.46. The van der Waals surface area contributed by atoms with Crippen LogP contribution < -0.4 is 4.72 Å². The minimum absolute atomic E-state index is 0.0268. The maximum absolute atomic E-state index is 12.5. The van der Waals surface area contributed by atoms with Gasteiger partial charge in [-0.25, -0.2) is 13.2 Å². The van der Waals surface area contributed by atoms with Crippen LogP contribution in [0.1, 0.15) is 27.6 Å². The monoisotopic (exact) mass is 313 g/mol. The van der Waals surface area contributed by atoms with Crippen LogP contribution in [-0.2, 0) is 17.1 Å². The Bertz CT molecular complexity index is 816. The normalized spacial score (nSPS) is 11.6. The van der Waals surface area contributed by atoms with Crippen LogP contribution in [-0.4, -0.2) is 29.3 Å². The Morgan fingerprint density at radius 2 is 1.95 bits per heavy atom. The van der Waals surface area contributed by atoms with Crippen LogP contribution in [0.4, 0.5) is 5.69 Å². The number of sulfonamides is 1. The summed E-state index contributed by atoms with van der Waals surface area (Å²) in [5.74, 6) is -1.28. The SMILES string of the molecule is Cc1nn(C)cc1NS(=O)(=O)c1c(C)oc(C)c1C(=O)O. The van der Waals surface area contributed by atoms with Gasteiger partial charge in [0, 0.05) is 13.2 Å². The molecule has 0 radical (unpaired) electrons. The Kier molecular flexibility index (Phi) is 3.54. The van der Waals surface area contributed by atoms with E-state index in [1.54, 1.807) is 14.0 Å². The lowest BCUT2D eigenvalue weighted by atomic mass is 10.2. The van der Waals surface area contributed by atoms with E-state index in [1.165, 1.54) is 24.7 Å². The minimum atomic E-state index is -4.09. The molecule has 0 fully saturated rings. The van der Waals surface area contributed by atoms with Gasteiger partial charge >= 0.3 is 5.97 Å². The number of anilines is 1. The Hall–Kier alpha value is -2.29. The third kappa shape index (κ3) is 2.64. The van der Waals surface area contributed by atoms with Gasteiger partial charge in [0.25, 0.3) is 10.0 Å². The Balaban J connectivity index is 2.55. The molecule has 0 bridgehead atoms. The molecule has 0 aromatic carbocycles. The predicted molar refractivity (Wildman–Crippen MR) is 73.9 cm³/mol. The summed E-state index contributed by atoms with van der Waals surface area (Å²) in [6, 6.07) is 0. The molecule has 0 aliphatic rings. The molecule has 2 N–H and O–H groups in total. The van der Waals surface area contributed by atoms with Crippen LogP contribution in [0.15, 0.2) is 15.5 Å². The topological polar surface area (TPSA) is 114 Å². The van der Waals surface area contributed by atoms with Crippen molar-refractivity contribution >= 4 is 21.7 Å². The van der Waals surface area contributed by atoms with Gasteiger partial charge in [0.2, 0.25) is 0 Å². The van der Waals surface area contributed by atoms with Crippen LogP contribution in [0.5, 0.6) is 0 Å². The summed E-state index contributed by atoms with van der Waals surface area (Å²) < 4.78 is 33.8. The second kappa shape index (κ2) is 4.92. The number of carboxylic acids is 1. The van der Waals surface area contributed by atoms with Crippen molar-refractivity contribution in [3.05, 3.63) is 29.0 Å². The molecule has 21 heavy (non-hydrogen) atoms. The molecule has 0 amide bonds. The minimum Gasteiger partial charge on any atom is -0.478 e. The van der Waals surface area contributed by atoms with Gasteiger partial charge in [-0.1, -0.05) is 0 Å². The van der Waals surface area contributed by atoms with Crippen LogP contribution in [0.25, 0.3) is 0 Å². The zero-order valence-corrected chi connectivity index (χ0v) is 12.8. The zero-order chi connectivity index (χ0) is 15.9. The van der Waals surface area contributed by atoms with Crippen molar-refractivity contribution in [2.24, 2.45) is 7.05 Å². The number of hydrogen-bond acceptors (Lipinski definition) is 5. The smallest absolute Gasteiger partial charge is 0.340 e. The van der Waals surface area contributed by atoms with Crippen molar-refractivity contribution in [3.8, 4) is 0 Å². The summed E-state index contributed by atoms with van der Waals surface area (Å²) in [4.78, 5) is 10.9. The Labute approximate surface area is 121 Å². The molecule has 0 saturated heterocycles. The lowest BCUT2D eigenvalue weighted by Crippen LogP contribution is -2.17. The standard InChI is InChI=1S/C12H15N3O5S/c1-6-9(5-15(4)13-6)14-21(18,19)11-8(3)20-7(2)10(11)12(16)17/h5,14H,1-4H3,(H,16,17). The molecule has 0 spiro atoms. The van der Waals surface area contributed by atoms with Crippen LogP contribution in [0, 0.1) is 20.8 Å². The number of aryl methyl sites for hydroxylation is 4. The summed E-state index contributed by atoms with van der Waals surface area (Å²) in [7, 11) is -2.43. The first-order chi connectivity index (χ1) is 9.63. The van der Waals surface area contributed by atoms with E-state index in [2.05, 4.69) is 9.82 Å². The fraction of sp³-hybridized carbons (Fsp3) is 0.333. The van der Waals surface area contributed by atoms with Gasteiger partial charge in [-0.3, -0.25) is 9.40 Å². The predicted octanol–water partition coefficient (Wildman–Crippen LogP) is 1.44. The molecule has 0 aliphatic carbocycles. The molecule has 114 valence electrons. The summed E-state index contributed by atoms with van der Waals surface area (Å²) >= 11 is 0. The van der Waals surface area contributed by atoms with E-state index in [0.29, 0.717) is 5.69 Å². The number of furan rings is 1. The van der Waals surface area contributed by atoms with Gasteiger partial charge in [-0.15, -0.1) is 0 Å². The number of aromatic nitrogens is 2. The van der Waals surface area contributed by atoms with E-state index < -0.39 is 16.0 Å². The van der Waals surface area contributed by atoms with Crippen molar-refractivity contribution in [3.63, 3.8) is 0 Å². The average molecular weight is 313 g/mol. The second-order valence-corrected chi connectivity index (χ2v) is 6.25. The highest BCUT2D eigenvalue weighted by molar-refractivity contribution is 7.92. The molecular formula is C12H15N3O5S. The molecule has 0 saturated carbocycles. The van der Waals surface area contributed by atoms with Crippen molar-refractivity contribution in [1.29, 1.82) is 0 Å². The van der Waals surface area contributed by atoms with Crippen LogP contribution in [0.2, 0.25) is 0 Å². The van der Waals surface area contributed by atoms with Gasteiger partial charge in [0.1, 0.15) is 22.0 Å². The van der Waals surface area contributed by atoms with E-state index in [0.717, 1.165) is 0 Å². The maximum atomic E-state index is 12.5. The first-order valence-corrected chi connectivity index (χ1v) is 7.48. The van der Waals surface area contributed by atoms with Gasteiger partial charge in [0.05, 0.1) is 11.4 Å². The van der Waals surface area contributed by atoms with Crippen LogP contribution >= 0.6 is 0 Å². The van der Waals surface area contributed by atoms with Gasteiger partial charge in [-0.2, -0.15) is 5.10 Å². The highest BCUT2D eigenvalue weighted by Crippen LogP contribution is 2.28. The number of carbonyl (C=O) groups is 1. The highest BCUT2D eigenvalue weighted by Gasteiger charge is 2.31. The maximum Gasteiger partial charge on any atom is 0.340 e.